The third-order valence-corrected chi connectivity index (χ3v) is 2.92. The molecule has 0 heterocycles. The zero-order valence-corrected chi connectivity index (χ0v) is 11.8. The Morgan fingerprint density at radius 2 is 2.16 bits per heavy atom. The molecule has 1 atom stereocenters. The van der Waals surface area contributed by atoms with E-state index in [1.807, 2.05) is 6.92 Å². The van der Waals surface area contributed by atoms with Crippen LogP contribution in [0.25, 0.3) is 0 Å². The van der Waals surface area contributed by atoms with Gasteiger partial charge in [-0.1, -0.05) is 0 Å². The monoisotopic (exact) mass is 267 g/mol. The quantitative estimate of drug-likeness (QED) is 0.850. The summed E-state index contributed by atoms with van der Waals surface area (Å²) in [7, 11) is 3.27. The van der Waals surface area contributed by atoms with Crippen LogP contribution in [0.4, 0.5) is 0 Å². The van der Waals surface area contributed by atoms with Gasteiger partial charge in [0, 0.05) is 25.2 Å². The largest absolute Gasteiger partial charge is 0.497 e. The number of benzene rings is 1. The Bertz CT molecular complexity index is 431. The van der Waals surface area contributed by atoms with Gasteiger partial charge in [-0.05, 0) is 26.0 Å². The Morgan fingerprint density at radius 1 is 1.47 bits per heavy atom. The maximum Gasteiger partial charge on any atom is 0.260 e. The van der Waals surface area contributed by atoms with Gasteiger partial charge in [-0.15, -0.1) is 0 Å². The first-order valence-corrected chi connectivity index (χ1v) is 6.22. The number of aliphatic hydroxyl groups is 1. The average molecular weight is 267 g/mol. The van der Waals surface area contributed by atoms with Crippen molar-refractivity contribution in [1.82, 2.24) is 4.90 Å². The van der Waals surface area contributed by atoms with Crippen molar-refractivity contribution in [3.05, 3.63) is 23.8 Å². The van der Waals surface area contributed by atoms with E-state index in [-0.39, 0.29) is 12.5 Å². The minimum atomic E-state index is -0.667. The van der Waals surface area contributed by atoms with E-state index < -0.39 is 6.10 Å². The molecule has 1 N–H and O–H groups in total. The number of carbonyl (C=O) groups is 1. The van der Waals surface area contributed by atoms with Crippen LogP contribution in [0.5, 0.6) is 11.5 Å². The van der Waals surface area contributed by atoms with Crippen molar-refractivity contribution >= 4 is 5.91 Å². The number of aliphatic hydroxyl groups excluding tert-OH is 1. The Labute approximate surface area is 113 Å². The summed E-state index contributed by atoms with van der Waals surface area (Å²) >= 11 is 0. The van der Waals surface area contributed by atoms with Gasteiger partial charge < -0.3 is 19.5 Å². The molecule has 0 fully saturated rings. The van der Waals surface area contributed by atoms with E-state index in [4.69, 9.17) is 9.47 Å². The van der Waals surface area contributed by atoms with Gasteiger partial charge >= 0.3 is 0 Å². The number of amides is 1. The normalized spacial score (nSPS) is 11.8. The van der Waals surface area contributed by atoms with Gasteiger partial charge in [0.05, 0.1) is 13.2 Å². The molecule has 0 saturated carbocycles. The first-order valence-electron chi connectivity index (χ1n) is 6.22. The van der Waals surface area contributed by atoms with Gasteiger partial charge in [0.1, 0.15) is 11.5 Å². The van der Waals surface area contributed by atoms with Crippen molar-refractivity contribution in [3.63, 3.8) is 0 Å². The highest BCUT2D eigenvalue weighted by Crippen LogP contribution is 2.29. The summed E-state index contributed by atoms with van der Waals surface area (Å²) in [5, 5.41) is 9.67. The van der Waals surface area contributed by atoms with E-state index in [1.165, 1.54) is 0 Å². The molecule has 0 spiro atoms. The molecule has 1 aromatic rings. The second-order valence-electron chi connectivity index (χ2n) is 4.28. The molecule has 0 aliphatic rings. The summed E-state index contributed by atoms with van der Waals surface area (Å²) in [6.07, 6.45) is -0.667. The molecule has 0 radical (unpaired) electrons. The van der Waals surface area contributed by atoms with E-state index in [0.29, 0.717) is 23.6 Å². The first kappa shape index (κ1) is 15.3. The molecule has 5 nitrogen and oxygen atoms in total. The molecule has 0 aromatic heterocycles. The second kappa shape index (κ2) is 6.99. The molecule has 0 aliphatic carbocycles. The number of rotatable bonds is 6. The van der Waals surface area contributed by atoms with Gasteiger partial charge in [0.2, 0.25) is 0 Å². The van der Waals surface area contributed by atoms with E-state index in [2.05, 4.69) is 0 Å². The molecule has 1 unspecified atom stereocenters. The Hall–Kier alpha value is -1.75. The molecule has 0 bridgehead atoms. The summed E-state index contributed by atoms with van der Waals surface area (Å²) < 4.78 is 10.6. The van der Waals surface area contributed by atoms with Gasteiger partial charge in [0.25, 0.3) is 5.91 Å². The van der Waals surface area contributed by atoms with Gasteiger partial charge in [-0.3, -0.25) is 4.79 Å². The predicted octanol–water partition coefficient (Wildman–Crippen LogP) is 1.61. The van der Waals surface area contributed by atoms with Gasteiger partial charge in [-0.2, -0.15) is 0 Å². The van der Waals surface area contributed by atoms with Crippen LogP contribution >= 0.6 is 0 Å². The molecule has 106 valence electrons. The Balaban J connectivity index is 2.83. The number of ether oxygens (including phenoxy) is 2. The molecular weight excluding hydrogens is 246 g/mol. The van der Waals surface area contributed by atoms with Gasteiger partial charge in [-0.25, -0.2) is 0 Å². The highest BCUT2D eigenvalue weighted by molar-refractivity contribution is 5.77. The minimum Gasteiger partial charge on any atom is -0.497 e. The molecule has 1 amide bonds. The van der Waals surface area contributed by atoms with Crippen LogP contribution in [0.1, 0.15) is 25.5 Å². The van der Waals surface area contributed by atoms with Crippen LogP contribution in [-0.4, -0.2) is 43.2 Å². The van der Waals surface area contributed by atoms with Crippen LogP contribution in [0.2, 0.25) is 0 Å². The second-order valence-corrected chi connectivity index (χ2v) is 4.28. The fourth-order valence-electron chi connectivity index (χ4n) is 1.54. The zero-order chi connectivity index (χ0) is 14.4. The fourth-order valence-corrected chi connectivity index (χ4v) is 1.54. The number of methoxy groups -OCH3 is 1. The van der Waals surface area contributed by atoms with Crippen molar-refractivity contribution < 1.29 is 19.4 Å². The van der Waals surface area contributed by atoms with Crippen molar-refractivity contribution in [2.45, 2.75) is 20.0 Å². The van der Waals surface area contributed by atoms with Crippen LogP contribution < -0.4 is 9.47 Å². The van der Waals surface area contributed by atoms with Crippen molar-refractivity contribution in [3.8, 4) is 11.5 Å². The minimum absolute atomic E-state index is 0.0583. The lowest BCUT2D eigenvalue weighted by molar-refractivity contribution is -0.131. The van der Waals surface area contributed by atoms with Crippen LogP contribution in [-0.2, 0) is 4.79 Å². The topological polar surface area (TPSA) is 59.0 Å². The molecule has 1 rings (SSSR count). The lowest BCUT2D eigenvalue weighted by atomic mass is 10.1. The molecule has 0 aliphatic heterocycles. The summed E-state index contributed by atoms with van der Waals surface area (Å²) in [4.78, 5) is 13.3. The molecular formula is C14H21NO4. The Kier molecular flexibility index (Phi) is 5.63. The van der Waals surface area contributed by atoms with E-state index >= 15 is 0 Å². The van der Waals surface area contributed by atoms with Crippen LogP contribution in [0.15, 0.2) is 18.2 Å². The van der Waals surface area contributed by atoms with Crippen molar-refractivity contribution in [2.24, 2.45) is 0 Å². The third-order valence-electron chi connectivity index (χ3n) is 2.92. The van der Waals surface area contributed by atoms with Gasteiger partial charge in [0.15, 0.2) is 6.61 Å². The number of hydrogen-bond acceptors (Lipinski definition) is 4. The molecule has 1 aromatic carbocycles. The van der Waals surface area contributed by atoms with Crippen LogP contribution in [0, 0.1) is 0 Å². The zero-order valence-electron chi connectivity index (χ0n) is 11.8. The summed E-state index contributed by atoms with van der Waals surface area (Å²) in [6.45, 7) is 4.11. The lowest BCUT2D eigenvalue weighted by Gasteiger charge is -2.17. The number of hydrogen-bond donors (Lipinski definition) is 1. The molecule has 0 saturated heterocycles. The van der Waals surface area contributed by atoms with Crippen molar-refractivity contribution in [2.75, 3.05) is 27.3 Å². The van der Waals surface area contributed by atoms with E-state index in [1.54, 1.807) is 44.2 Å². The highest BCUT2D eigenvalue weighted by atomic mass is 16.5. The van der Waals surface area contributed by atoms with E-state index in [9.17, 15) is 9.90 Å². The summed E-state index contributed by atoms with van der Waals surface area (Å²) in [5.41, 5.74) is 0.632. The smallest absolute Gasteiger partial charge is 0.260 e. The maximum atomic E-state index is 11.7. The number of carbonyl (C=O) groups excluding carboxylic acids is 1. The maximum absolute atomic E-state index is 11.7. The Morgan fingerprint density at radius 3 is 2.68 bits per heavy atom. The highest BCUT2D eigenvalue weighted by Gasteiger charge is 2.13. The standard InChI is InChI=1S/C14H21NO4/c1-5-15(3)14(17)9-19-13-8-11(18-4)6-7-12(13)10(2)16/h6-8,10,16H,5,9H2,1-4H3. The summed E-state index contributed by atoms with van der Waals surface area (Å²) in [5.74, 6) is 0.977. The SMILES string of the molecule is CCN(C)C(=O)COc1cc(OC)ccc1C(C)O. The third kappa shape index (κ3) is 4.13. The first-order chi connectivity index (χ1) is 8.99. The average Bonchev–Trinajstić information content (AvgIpc) is 2.43. The fraction of sp³-hybridized carbons (Fsp3) is 0.500. The lowest BCUT2D eigenvalue weighted by Crippen LogP contribution is -2.31. The van der Waals surface area contributed by atoms with E-state index in [0.717, 1.165) is 0 Å². The van der Waals surface area contributed by atoms with Crippen LogP contribution in [0.3, 0.4) is 0 Å². The number of likely N-dealkylation sites (N-methyl/N-ethyl adjacent to an activating group) is 1. The molecule has 5 heteroatoms. The van der Waals surface area contributed by atoms with Crippen molar-refractivity contribution in [1.29, 1.82) is 0 Å². The predicted molar refractivity (Wildman–Crippen MR) is 72.4 cm³/mol. The molecule has 19 heavy (non-hydrogen) atoms. The number of nitrogens with zero attached hydrogens (tertiary/aromatic N) is 1. The summed E-state index contributed by atoms with van der Waals surface area (Å²) in [6, 6.07) is 5.14.